The fourth-order valence-electron chi connectivity index (χ4n) is 2.86. The lowest BCUT2D eigenvalue weighted by Gasteiger charge is -2.42. The van der Waals surface area contributed by atoms with Crippen molar-refractivity contribution in [2.45, 2.75) is 44.4 Å². The Labute approximate surface area is 83.3 Å². The molecule has 1 heterocycles. The van der Waals surface area contributed by atoms with E-state index in [2.05, 4.69) is 5.32 Å². The molecule has 1 aliphatic carbocycles. The lowest BCUT2D eigenvalue weighted by molar-refractivity contribution is -0.149. The lowest BCUT2D eigenvalue weighted by Crippen LogP contribution is -2.54. The molecule has 4 heteroatoms. The first kappa shape index (κ1) is 9.93. The van der Waals surface area contributed by atoms with E-state index in [-0.39, 0.29) is 17.9 Å². The smallest absolute Gasteiger partial charge is 0.306 e. The monoisotopic (exact) mass is 199 g/mol. The Morgan fingerprint density at radius 3 is 2.71 bits per heavy atom. The molecule has 1 saturated carbocycles. The number of rotatable bonds is 1. The van der Waals surface area contributed by atoms with Crippen LogP contribution in [0.3, 0.4) is 0 Å². The van der Waals surface area contributed by atoms with Crippen LogP contribution in [0.25, 0.3) is 0 Å². The summed E-state index contributed by atoms with van der Waals surface area (Å²) in [5.41, 5.74) is 0. The molecule has 4 atom stereocenters. The maximum Gasteiger partial charge on any atom is 0.306 e. The molecule has 2 rings (SSSR count). The Hall–Kier alpha value is -0.610. The van der Waals surface area contributed by atoms with E-state index in [1.165, 1.54) is 0 Å². The maximum atomic E-state index is 11.0. The van der Waals surface area contributed by atoms with Crippen LogP contribution in [0, 0.1) is 11.8 Å². The van der Waals surface area contributed by atoms with Crippen LogP contribution >= 0.6 is 0 Å². The summed E-state index contributed by atoms with van der Waals surface area (Å²) in [5, 5.41) is 21.6. The molecular formula is C10H17NO3. The zero-order valence-electron chi connectivity index (χ0n) is 8.15. The van der Waals surface area contributed by atoms with Crippen molar-refractivity contribution < 1.29 is 15.0 Å². The molecular weight excluding hydrogens is 182 g/mol. The van der Waals surface area contributed by atoms with Gasteiger partial charge in [-0.2, -0.15) is 0 Å². The second-order valence-corrected chi connectivity index (χ2v) is 4.42. The zero-order chi connectivity index (χ0) is 10.1. The number of hydrogen-bond acceptors (Lipinski definition) is 3. The molecule has 14 heavy (non-hydrogen) atoms. The van der Waals surface area contributed by atoms with Gasteiger partial charge in [0.05, 0.1) is 5.92 Å². The predicted molar refractivity (Wildman–Crippen MR) is 50.6 cm³/mol. The summed E-state index contributed by atoms with van der Waals surface area (Å²) >= 11 is 0. The second-order valence-electron chi connectivity index (χ2n) is 4.42. The highest BCUT2D eigenvalue weighted by molar-refractivity contribution is 5.70. The molecule has 2 fully saturated rings. The molecule has 0 radical (unpaired) electrons. The fraction of sp³-hybridized carbons (Fsp3) is 0.900. The van der Waals surface area contributed by atoms with Gasteiger partial charge in [0, 0.05) is 12.5 Å². The molecule has 1 saturated heterocycles. The van der Waals surface area contributed by atoms with Gasteiger partial charge >= 0.3 is 5.97 Å². The number of carboxylic acid groups (broad SMARTS) is 1. The van der Waals surface area contributed by atoms with E-state index >= 15 is 0 Å². The van der Waals surface area contributed by atoms with E-state index in [0.29, 0.717) is 6.42 Å². The van der Waals surface area contributed by atoms with Crippen LogP contribution in [-0.2, 0) is 4.79 Å². The summed E-state index contributed by atoms with van der Waals surface area (Å²) < 4.78 is 0. The molecule has 0 aromatic heterocycles. The fourth-order valence-corrected chi connectivity index (χ4v) is 2.86. The number of carboxylic acids is 1. The van der Waals surface area contributed by atoms with Crippen LogP contribution in [0.2, 0.25) is 0 Å². The largest absolute Gasteiger partial charge is 0.481 e. The Morgan fingerprint density at radius 1 is 1.29 bits per heavy atom. The van der Waals surface area contributed by atoms with Crippen molar-refractivity contribution in [2.75, 3.05) is 0 Å². The van der Waals surface area contributed by atoms with Crippen molar-refractivity contribution in [3.8, 4) is 0 Å². The third kappa shape index (κ3) is 1.77. The van der Waals surface area contributed by atoms with Crippen molar-refractivity contribution >= 4 is 5.97 Å². The van der Waals surface area contributed by atoms with E-state index in [0.717, 1.165) is 25.7 Å². The molecule has 4 nitrogen and oxygen atoms in total. The number of aliphatic hydroxyl groups excluding tert-OH is 1. The van der Waals surface area contributed by atoms with Gasteiger partial charge in [0.15, 0.2) is 0 Å². The molecule has 1 aliphatic heterocycles. The topological polar surface area (TPSA) is 69.6 Å². The van der Waals surface area contributed by atoms with Crippen molar-refractivity contribution in [3.63, 3.8) is 0 Å². The van der Waals surface area contributed by atoms with Gasteiger partial charge in [-0.05, 0) is 18.8 Å². The summed E-state index contributed by atoms with van der Waals surface area (Å²) in [4.78, 5) is 11.0. The van der Waals surface area contributed by atoms with Crippen LogP contribution in [0.15, 0.2) is 0 Å². The van der Waals surface area contributed by atoms with Crippen molar-refractivity contribution in [1.29, 1.82) is 0 Å². The lowest BCUT2D eigenvalue weighted by atomic mass is 9.72. The number of carbonyl (C=O) groups is 1. The highest BCUT2D eigenvalue weighted by Crippen LogP contribution is 2.36. The standard InChI is InChI=1S/C10H17NO3/c12-9-5-7(10(13)14)6-3-1-2-4-8(6)11-9/h6-9,11-12H,1-5H2,(H,13,14). The predicted octanol–water partition coefficient (Wildman–Crippen LogP) is 0.558. The Balaban J connectivity index is 2.10. The van der Waals surface area contributed by atoms with Crippen molar-refractivity contribution in [3.05, 3.63) is 0 Å². The average Bonchev–Trinajstić information content (AvgIpc) is 2.16. The summed E-state index contributed by atoms with van der Waals surface area (Å²) in [7, 11) is 0. The molecule has 0 aromatic carbocycles. The van der Waals surface area contributed by atoms with Gasteiger partial charge in [-0.3, -0.25) is 10.1 Å². The third-order valence-corrected chi connectivity index (χ3v) is 3.54. The van der Waals surface area contributed by atoms with Crippen molar-refractivity contribution in [1.82, 2.24) is 5.32 Å². The quantitative estimate of drug-likeness (QED) is 0.577. The first-order valence-corrected chi connectivity index (χ1v) is 5.35. The van der Waals surface area contributed by atoms with E-state index < -0.39 is 12.2 Å². The summed E-state index contributed by atoms with van der Waals surface area (Å²) in [5.74, 6) is -0.872. The third-order valence-electron chi connectivity index (χ3n) is 3.54. The normalized spacial score (nSPS) is 42.9. The van der Waals surface area contributed by atoms with Crippen molar-refractivity contribution in [2.24, 2.45) is 11.8 Å². The van der Waals surface area contributed by atoms with Crippen LogP contribution in [-0.4, -0.2) is 28.5 Å². The minimum Gasteiger partial charge on any atom is -0.481 e. The van der Waals surface area contributed by atoms with Crippen LogP contribution in [0.1, 0.15) is 32.1 Å². The molecule has 0 bridgehead atoms. The number of hydrogen-bond donors (Lipinski definition) is 3. The molecule has 4 unspecified atom stereocenters. The molecule has 2 aliphatic rings. The van der Waals surface area contributed by atoms with E-state index in [1.54, 1.807) is 0 Å². The average molecular weight is 199 g/mol. The molecule has 80 valence electrons. The van der Waals surface area contributed by atoms with Gasteiger partial charge in [-0.15, -0.1) is 0 Å². The minimum atomic E-state index is -0.748. The SMILES string of the molecule is O=C(O)C1CC(O)NC2CCCCC21. The number of aliphatic hydroxyl groups is 1. The Morgan fingerprint density at radius 2 is 2.00 bits per heavy atom. The van der Waals surface area contributed by atoms with E-state index in [4.69, 9.17) is 5.11 Å². The Bertz CT molecular complexity index is 231. The summed E-state index contributed by atoms with van der Waals surface area (Å²) in [6.07, 6.45) is 4.00. The van der Waals surface area contributed by atoms with Gasteiger partial charge < -0.3 is 10.2 Å². The summed E-state index contributed by atoms with van der Waals surface area (Å²) in [6, 6.07) is 0.216. The first-order chi connectivity index (χ1) is 6.68. The molecule has 0 amide bonds. The number of fused-ring (bicyclic) bond motifs is 1. The van der Waals surface area contributed by atoms with Crippen LogP contribution < -0.4 is 5.32 Å². The highest BCUT2D eigenvalue weighted by atomic mass is 16.4. The maximum absolute atomic E-state index is 11.0. The van der Waals surface area contributed by atoms with Gasteiger partial charge in [0.1, 0.15) is 6.23 Å². The first-order valence-electron chi connectivity index (χ1n) is 5.35. The second kappa shape index (κ2) is 3.87. The van der Waals surface area contributed by atoms with Crippen LogP contribution in [0.4, 0.5) is 0 Å². The van der Waals surface area contributed by atoms with Gasteiger partial charge in [-0.1, -0.05) is 12.8 Å². The summed E-state index contributed by atoms with van der Waals surface area (Å²) in [6.45, 7) is 0. The minimum absolute atomic E-state index is 0.216. The Kier molecular flexibility index (Phi) is 2.74. The number of piperidine rings is 1. The number of nitrogens with one attached hydrogen (secondary N) is 1. The van der Waals surface area contributed by atoms with E-state index in [1.807, 2.05) is 0 Å². The van der Waals surface area contributed by atoms with Crippen LogP contribution in [0.5, 0.6) is 0 Å². The molecule has 0 aromatic rings. The molecule has 0 spiro atoms. The molecule has 3 N–H and O–H groups in total. The van der Waals surface area contributed by atoms with Gasteiger partial charge in [0.2, 0.25) is 0 Å². The highest BCUT2D eigenvalue weighted by Gasteiger charge is 2.41. The van der Waals surface area contributed by atoms with Gasteiger partial charge in [0.25, 0.3) is 0 Å². The zero-order valence-corrected chi connectivity index (χ0v) is 8.15. The number of aliphatic carboxylic acids is 1. The van der Waals surface area contributed by atoms with Gasteiger partial charge in [-0.25, -0.2) is 0 Å². The van der Waals surface area contributed by atoms with E-state index in [9.17, 15) is 9.90 Å².